The number of rotatable bonds is 5. The fourth-order valence-corrected chi connectivity index (χ4v) is 3.78. The topological polar surface area (TPSA) is 75.9 Å². The third kappa shape index (κ3) is 3.70. The van der Waals surface area contributed by atoms with E-state index in [4.69, 9.17) is 4.74 Å². The summed E-state index contributed by atoms with van der Waals surface area (Å²) in [6, 6.07) is 5.19. The predicted octanol–water partition coefficient (Wildman–Crippen LogP) is 2.83. The van der Waals surface area contributed by atoms with E-state index in [1.54, 1.807) is 18.2 Å². The van der Waals surface area contributed by atoms with Crippen LogP contribution in [0.1, 0.15) is 32.6 Å². The molecule has 3 rings (SSSR count). The molecule has 0 spiro atoms. The first kappa shape index (κ1) is 17.5. The Bertz CT molecular complexity index is 635. The average Bonchev–Trinajstić information content (AvgIpc) is 3.16. The molecule has 0 aromatic heterocycles. The number of ether oxygens (including phenoxy) is 1. The van der Waals surface area contributed by atoms with Crippen molar-refractivity contribution in [3.63, 3.8) is 0 Å². The number of piperidine rings is 1. The Hall–Kier alpha value is -2.31. The molecule has 0 saturated carbocycles. The Balaban J connectivity index is 1.71. The van der Waals surface area contributed by atoms with Gasteiger partial charge in [-0.05, 0) is 44.7 Å². The number of hydrogen-bond acceptors (Lipinski definition) is 5. The molecule has 7 heteroatoms. The van der Waals surface area contributed by atoms with Gasteiger partial charge < -0.3 is 14.5 Å². The Kier molecular flexibility index (Phi) is 5.40. The van der Waals surface area contributed by atoms with E-state index in [1.165, 1.54) is 0 Å². The highest BCUT2D eigenvalue weighted by Gasteiger charge is 2.32. The Labute approximate surface area is 147 Å². The fourth-order valence-electron chi connectivity index (χ4n) is 3.78. The summed E-state index contributed by atoms with van der Waals surface area (Å²) < 4.78 is 5.43. The van der Waals surface area contributed by atoms with Crippen LogP contribution in [0.15, 0.2) is 18.2 Å². The molecule has 1 amide bonds. The van der Waals surface area contributed by atoms with Gasteiger partial charge in [-0.15, -0.1) is 0 Å². The molecule has 25 heavy (non-hydrogen) atoms. The van der Waals surface area contributed by atoms with E-state index in [9.17, 15) is 14.9 Å². The van der Waals surface area contributed by atoms with E-state index in [2.05, 4.69) is 0 Å². The molecule has 2 saturated heterocycles. The highest BCUT2D eigenvalue weighted by Crippen LogP contribution is 2.38. The number of benzene rings is 1. The lowest BCUT2D eigenvalue weighted by Gasteiger charge is -2.34. The number of nitrogens with zero attached hydrogens (tertiary/aromatic N) is 3. The molecule has 0 N–H and O–H groups in total. The van der Waals surface area contributed by atoms with Crippen molar-refractivity contribution in [2.45, 2.75) is 32.6 Å². The van der Waals surface area contributed by atoms with Crippen molar-refractivity contribution in [1.82, 2.24) is 4.90 Å². The average molecular weight is 347 g/mol. The van der Waals surface area contributed by atoms with Crippen LogP contribution >= 0.6 is 0 Å². The number of likely N-dealkylation sites (tertiary alicyclic amines) is 1. The molecule has 7 nitrogen and oxygen atoms in total. The number of carbonyl (C=O) groups is 1. The van der Waals surface area contributed by atoms with Crippen LogP contribution in [0.3, 0.4) is 0 Å². The van der Waals surface area contributed by atoms with Gasteiger partial charge in [0.05, 0.1) is 11.5 Å². The van der Waals surface area contributed by atoms with Crippen LogP contribution < -0.4 is 9.64 Å². The van der Waals surface area contributed by atoms with E-state index < -0.39 is 0 Å². The number of carbonyl (C=O) groups excluding carboxylic acids is 1. The maximum Gasteiger partial charge on any atom is 0.333 e. The standard InChI is InChI=1S/C18H25N3O4/c1-2-25-16-7-5-6-15(17(16)21(23)24)19-12-8-14(9-13-19)18(22)20-10-3-4-11-20/h5-7,14H,2-4,8-13H2,1H3. The number of para-hydroxylation sites is 1. The predicted molar refractivity (Wildman–Crippen MR) is 95.0 cm³/mol. The van der Waals surface area contributed by atoms with Crippen molar-refractivity contribution in [2.24, 2.45) is 5.92 Å². The summed E-state index contributed by atoms with van der Waals surface area (Å²) in [4.78, 5) is 27.7. The first-order chi connectivity index (χ1) is 12.1. The van der Waals surface area contributed by atoms with Crippen LogP contribution in [0.25, 0.3) is 0 Å². The molecule has 0 aliphatic carbocycles. The molecule has 0 bridgehead atoms. The molecule has 1 aromatic carbocycles. The van der Waals surface area contributed by atoms with Gasteiger partial charge in [0, 0.05) is 32.1 Å². The second kappa shape index (κ2) is 7.72. The van der Waals surface area contributed by atoms with Crippen molar-refractivity contribution < 1.29 is 14.5 Å². The minimum absolute atomic E-state index is 0.0219. The quantitative estimate of drug-likeness (QED) is 0.605. The number of anilines is 1. The minimum Gasteiger partial charge on any atom is -0.487 e. The lowest BCUT2D eigenvalue weighted by Crippen LogP contribution is -2.41. The smallest absolute Gasteiger partial charge is 0.333 e. The molecular formula is C18H25N3O4. The van der Waals surface area contributed by atoms with Gasteiger partial charge in [-0.1, -0.05) is 6.07 Å². The van der Waals surface area contributed by atoms with Gasteiger partial charge in [-0.2, -0.15) is 0 Å². The Morgan fingerprint density at radius 3 is 2.52 bits per heavy atom. The highest BCUT2D eigenvalue weighted by atomic mass is 16.6. The molecule has 0 radical (unpaired) electrons. The van der Waals surface area contributed by atoms with Gasteiger partial charge in [-0.3, -0.25) is 14.9 Å². The zero-order valence-corrected chi connectivity index (χ0v) is 14.6. The van der Waals surface area contributed by atoms with Gasteiger partial charge in [0.1, 0.15) is 5.69 Å². The Morgan fingerprint density at radius 1 is 1.24 bits per heavy atom. The summed E-state index contributed by atoms with van der Waals surface area (Å²) in [7, 11) is 0. The summed E-state index contributed by atoms with van der Waals surface area (Å²) >= 11 is 0. The van der Waals surface area contributed by atoms with Crippen LogP contribution in [-0.2, 0) is 4.79 Å². The zero-order valence-electron chi connectivity index (χ0n) is 14.6. The second-order valence-corrected chi connectivity index (χ2v) is 6.61. The summed E-state index contributed by atoms with van der Waals surface area (Å²) in [6.07, 6.45) is 3.68. The molecule has 136 valence electrons. The zero-order chi connectivity index (χ0) is 17.8. The first-order valence-electron chi connectivity index (χ1n) is 9.05. The maximum absolute atomic E-state index is 12.5. The van der Waals surface area contributed by atoms with E-state index >= 15 is 0 Å². The van der Waals surface area contributed by atoms with Gasteiger partial charge >= 0.3 is 5.69 Å². The molecule has 0 unspecified atom stereocenters. The van der Waals surface area contributed by atoms with Crippen LogP contribution in [0, 0.1) is 16.0 Å². The number of nitro groups is 1. The van der Waals surface area contributed by atoms with E-state index in [0.29, 0.717) is 31.1 Å². The maximum atomic E-state index is 12.5. The number of amides is 1. The summed E-state index contributed by atoms with van der Waals surface area (Å²) in [5.74, 6) is 0.610. The molecule has 2 heterocycles. The lowest BCUT2D eigenvalue weighted by atomic mass is 9.94. The van der Waals surface area contributed by atoms with Crippen LogP contribution in [0.4, 0.5) is 11.4 Å². The van der Waals surface area contributed by atoms with Gasteiger partial charge in [-0.25, -0.2) is 0 Å². The molecule has 2 aliphatic heterocycles. The summed E-state index contributed by atoms with van der Waals surface area (Å²) in [5, 5.41) is 11.5. The highest BCUT2D eigenvalue weighted by molar-refractivity contribution is 5.79. The van der Waals surface area contributed by atoms with E-state index in [-0.39, 0.29) is 22.4 Å². The van der Waals surface area contributed by atoms with Gasteiger partial charge in [0.15, 0.2) is 5.75 Å². The van der Waals surface area contributed by atoms with Gasteiger partial charge in [0.2, 0.25) is 5.91 Å². The molecule has 2 aliphatic rings. The summed E-state index contributed by atoms with van der Waals surface area (Å²) in [6.45, 7) is 5.26. The lowest BCUT2D eigenvalue weighted by molar-refractivity contribution is -0.385. The van der Waals surface area contributed by atoms with E-state index in [1.807, 2.05) is 16.7 Å². The Morgan fingerprint density at radius 2 is 1.92 bits per heavy atom. The minimum atomic E-state index is -0.373. The first-order valence-corrected chi connectivity index (χ1v) is 9.05. The van der Waals surface area contributed by atoms with Gasteiger partial charge in [0.25, 0.3) is 0 Å². The van der Waals surface area contributed by atoms with Crippen molar-refractivity contribution in [2.75, 3.05) is 37.7 Å². The third-order valence-corrected chi connectivity index (χ3v) is 5.06. The third-order valence-electron chi connectivity index (χ3n) is 5.06. The molecule has 1 aromatic rings. The summed E-state index contributed by atoms with van der Waals surface area (Å²) in [5.41, 5.74) is 0.608. The van der Waals surface area contributed by atoms with Crippen molar-refractivity contribution in [3.05, 3.63) is 28.3 Å². The van der Waals surface area contributed by atoms with Crippen molar-refractivity contribution >= 4 is 17.3 Å². The van der Waals surface area contributed by atoms with Crippen LogP contribution in [-0.4, -0.2) is 48.5 Å². The monoisotopic (exact) mass is 347 g/mol. The van der Waals surface area contributed by atoms with Crippen LogP contribution in [0.5, 0.6) is 5.75 Å². The second-order valence-electron chi connectivity index (χ2n) is 6.61. The molecular weight excluding hydrogens is 322 g/mol. The van der Waals surface area contributed by atoms with Crippen molar-refractivity contribution in [1.29, 1.82) is 0 Å². The van der Waals surface area contributed by atoms with E-state index in [0.717, 1.165) is 38.8 Å². The normalized spacial score (nSPS) is 18.4. The molecule has 2 fully saturated rings. The SMILES string of the molecule is CCOc1cccc(N2CCC(C(=O)N3CCCC3)CC2)c1[N+](=O)[O-]. The number of nitro benzene ring substituents is 1. The molecule has 0 atom stereocenters. The largest absolute Gasteiger partial charge is 0.487 e. The fraction of sp³-hybridized carbons (Fsp3) is 0.611. The number of hydrogen-bond donors (Lipinski definition) is 0. The van der Waals surface area contributed by atoms with Crippen molar-refractivity contribution in [3.8, 4) is 5.75 Å². The van der Waals surface area contributed by atoms with Crippen LogP contribution in [0.2, 0.25) is 0 Å².